The van der Waals surface area contributed by atoms with E-state index in [-0.39, 0.29) is 11.8 Å². The Hall–Kier alpha value is -2.68. The predicted molar refractivity (Wildman–Crippen MR) is 92.5 cm³/mol. The van der Waals surface area contributed by atoms with E-state index in [1.807, 2.05) is 42.5 Å². The number of fused-ring (bicyclic) bond motifs is 2. The molecule has 0 aliphatic heterocycles. The number of pyridine rings is 1. The summed E-state index contributed by atoms with van der Waals surface area (Å²) in [5.74, 6) is 0.000603. The first-order chi connectivity index (χ1) is 11.3. The summed E-state index contributed by atoms with van der Waals surface area (Å²) >= 11 is 0. The molecule has 3 nitrogen and oxygen atoms in total. The van der Waals surface area contributed by atoms with E-state index in [0.29, 0.717) is 0 Å². The summed E-state index contributed by atoms with van der Waals surface area (Å²) in [7, 11) is 0. The van der Waals surface area contributed by atoms with E-state index in [1.54, 1.807) is 6.20 Å². The van der Waals surface area contributed by atoms with Gasteiger partial charge in [-0.2, -0.15) is 0 Å². The first-order valence-electron chi connectivity index (χ1n) is 8.05. The molecule has 3 aromatic rings. The van der Waals surface area contributed by atoms with Gasteiger partial charge in [-0.15, -0.1) is 0 Å². The van der Waals surface area contributed by atoms with Crippen molar-refractivity contribution in [3.8, 4) is 0 Å². The van der Waals surface area contributed by atoms with Crippen LogP contribution in [0.25, 0.3) is 10.9 Å². The molecule has 0 spiro atoms. The van der Waals surface area contributed by atoms with Gasteiger partial charge in [-0.3, -0.25) is 9.78 Å². The Labute approximate surface area is 135 Å². The summed E-state index contributed by atoms with van der Waals surface area (Å²) < 4.78 is 0. The van der Waals surface area contributed by atoms with E-state index in [0.717, 1.165) is 35.9 Å². The molecule has 1 aliphatic carbocycles. The standard InChI is InChI=1S/C20H18N2O/c23-20(18-10-5-8-14-6-1-3-9-17(14)18)22-16-12-15-7-2-4-11-19(15)21-13-16/h1-4,6-7,9,11-13,18H,5,8,10H2,(H,22,23). The van der Waals surface area contributed by atoms with Gasteiger partial charge < -0.3 is 5.32 Å². The van der Waals surface area contributed by atoms with Gasteiger partial charge in [-0.05, 0) is 42.5 Å². The van der Waals surface area contributed by atoms with Gasteiger partial charge in [0.05, 0.1) is 23.3 Å². The monoisotopic (exact) mass is 302 g/mol. The largest absolute Gasteiger partial charge is 0.324 e. The van der Waals surface area contributed by atoms with Crippen molar-refractivity contribution >= 4 is 22.5 Å². The molecule has 1 unspecified atom stereocenters. The lowest BCUT2D eigenvalue weighted by Crippen LogP contribution is -2.24. The van der Waals surface area contributed by atoms with E-state index in [4.69, 9.17) is 0 Å². The highest BCUT2D eigenvalue weighted by Gasteiger charge is 2.26. The molecule has 1 aliphatic rings. The van der Waals surface area contributed by atoms with Crippen molar-refractivity contribution in [2.75, 3.05) is 5.32 Å². The maximum atomic E-state index is 12.7. The van der Waals surface area contributed by atoms with Crippen molar-refractivity contribution in [2.45, 2.75) is 25.2 Å². The van der Waals surface area contributed by atoms with Crippen LogP contribution in [-0.4, -0.2) is 10.9 Å². The molecule has 1 heterocycles. The van der Waals surface area contributed by atoms with Gasteiger partial charge in [-0.1, -0.05) is 42.5 Å². The van der Waals surface area contributed by atoms with Gasteiger partial charge >= 0.3 is 0 Å². The maximum Gasteiger partial charge on any atom is 0.231 e. The van der Waals surface area contributed by atoms with Crippen LogP contribution in [0.1, 0.15) is 29.9 Å². The third kappa shape index (κ3) is 2.70. The van der Waals surface area contributed by atoms with Crippen LogP contribution in [0.5, 0.6) is 0 Å². The Balaban J connectivity index is 1.60. The van der Waals surface area contributed by atoms with Crippen molar-refractivity contribution in [2.24, 2.45) is 0 Å². The number of aromatic nitrogens is 1. The molecule has 23 heavy (non-hydrogen) atoms. The third-order valence-electron chi connectivity index (χ3n) is 4.54. The quantitative estimate of drug-likeness (QED) is 0.767. The van der Waals surface area contributed by atoms with Gasteiger partial charge in [0, 0.05) is 5.39 Å². The van der Waals surface area contributed by atoms with Crippen molar-refractivity contribution in [3.05, 3.63) is 71.9 Å². The van der Waals surface area contributed by atoms with Gasteiger partial charge in [0.15, 0.2) is 0 Å². The Kier molecular flexibility index (Phi) is 3.54. The lowest BCUT2D eigenvalue weighted by molar-refractivity contribution is -0.117. The number of amides is 1. The normalized spacial score (nSPS) is 16.8. The molecule has 114 valence electrons. The molecule has 3 heteroatoms. The fourth-order valence-electron chi connectivity index (χ4n) is 3.40. The van der Waals surface area contributed by atoms with Gasteiger partial charge in [0.1, 0.15) is 0 Å². The number of carbonyl (C=O) groups excluding carboxylic acids is 1. The maximum absolute atomic E-state index is 12.7. The van der Waals surface area contributed by atoms with E-state index in [2.05, 4.69) is 22.4 Å². The molecule has 1 N–H and O–H groups in total. The minimum Gasteiger partial charge on any atom is -0.324 e. The topological polar surface area (TPSA) is 42.0 Å². The number of para-hydroxylation sites is 1. The van der Waals surface area contributed by atoms with Crippen LogP contribution in [0, 0.1) is 0 Å². The second-order valence-electron chi connectivity index (χ2n) is 6.05. The number of anilines is 1. The summed E-state index contributed by atoms with van der Waals surface area (Å²) in [5.41, 5.74) is 4.17. The number of hydrogen-bond donors (Lipinski definition) is 1. The van der Waals surface area contributed by atoms with Crippen LogP contribution in [0.15, 0.2) is 60.8 Å². The SMILES string of the molecule is O=C(Nc1cnc2ccccc2c1)C1CCCc2ccccc21. The molecular weight excluding hydrogens is 284 g/mol. The Morgan fingerprint density at radius 1 is 1.09 bits per heavy atom. The average Bonchev–Trinajstić information content (AvgIpc) is 2.61. The minimum absolute atomic E-state index is 0.0635. The number of aryl methyl sites for hydroxylation is 1. The van der Waals surface area contributed by atoms with E-state index in [1.165, 1.54) is 11.1 Å². The Morgan fingerprint density at radius 3 is 2.87 bits per heavy atom. The summed E-state index contributed by atoms with van der Waals surface area (Å²) in [5, 5.41) is 4.08. The minimum atomic E-state index is -0.0635. The van der Waals surface area contributed by atoms with E-state index >= 15 is 0 Å². The molecule has 2 aromatic carbocycles. The van der Waals surface area contributed by atoms with E-state index in [9.17, 15) is 4.79 Å². The molecule has 1 aromatic heterocycles. The van der Waals surface area contributed by atoms with Crippen molar-refractivity contribution in [1.82, 2.24) is 4.98 Å². The molecule has 0 fully saturated rings. The van der Waals surface area contributed by atoms with E-state index < -0.39 is 0 Å². The van der Waals surface area contributed by atoms with Crippen LogP contribution >= 0.6 is 0 Å². The highest BCUT2D eigenvalue weighted by atomic mass is 16.1. The number of hydrogen-bond acceptors (Lipinski definition) is 2. The Morgan fingerprint density at radius 2 is 1.91 bits per heavy atom. The number of benzene rings is 2. The summed E-state index contributed by atoms with van der Waals surface area (Å²) in [4.78, 5) is 17.1. The average molecular weight is 302 g/mol. The number of rotatable bonds is 2. The first kappa shape index (κ1) is 13.9. The predicted octanol–water partition coefficient (Wildman–Crippen LogP) is 4.29. The molecule has 4 rings (SSSR count). The zero-order valence-electron chi connectivity index (χ0n) is 12.8. The molecular formula is C20H18N2O. The fourth-order valence-corrected chi connectivity index (χ4v) is 3.40. The molecule has 1 amide bonds. The summed E-state index contributed by atoms with van der Waals surface area (Å²) in [6.45, 7) is 0. The zero-order valence-corrected chi connectivity index (χ0v) is 12.8. The van der Waals surface area contributed by atoms with Crippen molar-refractivity contribution in [1.29, 1.82) is 0 Å². The number of nitrogens with zero attached hydrogens (tertiary/aromatic N) is 1. The van der Waals surface area contributed by atoms with Crippen LogP contribution in [-0.2, 0) is 11.2 Å². The molecule has 0 saturated heterocycles. The summed E-state index contributed by atoms with van der Waals surface area (Å²) in [6, 6.07) is 18.2. The smallest absolute Gasteiger partial charge is 0.231 e. The molecule has 0 saturated carbocycles. The van der Waals surface area contributed by atoms with Gasteiger partial charge in [0.25, 0.3) is 0 Å². The summed E-state index contributed by atoms with van der Waals surface area (Å²) in [6.07, 6.45) is 4.77. The first-order valence-corrected chi connectivity index (χ1v) is 8.05. The fraction of sp³-hybridized carbons (Fsp3) is 0.200. The molecule has 0 bridgehead atoms. The number of carbonyl (C=O) groups is 1. The van der Waals surface area contributed by atoms with Crippen molar-refractivity contribution < 1.29 is 4.79 Å². The van der Waals surface area contributed by atoms with Crippen LogP contribution in [0.3, 0.4) is 0 Å². The lowest BCUT2D eigenvalue weighted by atomic mass is 9.82. The third-order valence-corrected chi connectivity index (χ3v) is 4.54. The Bertz CT molecular complexity index is 872. The molecule has 0 radical (unpaired) electrons. The van der Waals surface area contributed by atoms with Gasteiger partial charge in [0.2, 0.25) is 5.91 Å². The van der Waals surface area contributed by atoms with Gasteiger partial charge in [-0.25, -0.2) is 0 Å². The van der Waals surface area contributed by atoms with Crippen LogP contribution < -0.4 is 5.32 Å². The highest BCUT2D eigenvalue weighted by Crippen LogP contribution is 2.32. The van der Waals surface area contributed by atoms with Crippen LogP contribution in [0.2, 0.25) is 0 Å². The number of nitrogens with one attached hydrogen (secondary N) is 1. The lowest BCUT2D eigenvalue weighted by Gasteiger charge is -2.24. The zero-order chi connectivity index (χ0) is 15.6. The van der Waals surface area contributed by atoms with Crippen molar-refractivity contribution in [3.63, 3.8) is 0 Å². The second-order valence-corrected chi connectivity index (χ2v) is 6.05. The van der Waals surface area contributed by atoms with Crippen LogP contribution in [0.4, 0.5) is 5.69 Å². The molecule has 1 atom stereocenters. The second kappa shape index (κ2) is 5.84. The highest BCUT2D eigenvalue weighted by molar-refractivity contribution is 5.97.